The van der Waals surface area contributed by atoms with Crippen molar-refractivity contribution >= 4 is 0 Å². The van der Waals surface area contributed by atoms with Crippen molar-refractivity contribution in [1.29, 1.82) is 0 Å². The average molecular weight is 188 g/mol. The fourth-order valence-corrected chi connectivity index (χ4v) is 4.00. The summed E-state index contributed by atoms with van der Waals surface area (Å²) in [6.45, 7) is 0.378. The molecule has 1 spiro atoms. The van der Waals surface area contributed by atoms with Gasteiger partial charge in [-0.3, -0.25) is 0 Å². The van der Waals surface area contributed by atoms with Crippen LogP contribution in [0.15, 0.2) is 23.3 Å². The summed E-state index contributed by atoms with van der Waals surface area (Å²) in [7, 11) is 0. The topological polar surface area (TPSA) is 20.2 Å². The van der Waals surface area contributed by atoms with Crippen LogP contribution in [0.2, 0.25) is 0 Å². The highest BCUT2D eigenvalue weighted by Gasteiger charge is 2.56. The van der Waals surface area contributed by atoms with E-state index in [1.54, 1.807) is 11.1 Å². The molecular formula is C13H16O. The zero-order valence-corrected chi connectivity index (χ0v) is 8.37. The van der Waals surface area contributed by atoms with Gasteiger partial charge in [-0.05, 0) is 54.6 Å². The first kappa shape index (κ1) is 7.70. The largest absolute Gasteiger partial charge is 0.396 e. The van der Waals surface area contributed by atoms with Crippen LogP contribution in [-0.2, 0) is 0 Å². The molecule has 1 N–H and O–H groups in total. The maximum absolute atomic E-state index is 9.18. The van der Waals surface area contributed by atoms with E-state index in [2.05, 4.69) is 12.2 Å². The molecule has 0 aromatic heterocycles. The van der Waals surface area contributed by atoms with E-state index in [9.17, 15) is 5.11 Å². The molecule has 4 rings (SSSR count). The lowest BCUT2D eigenvalue weighted by molar-refractivity contribution is 0.266. The third-order valence-corrected chi connectivity index (χ3v) is 4.91. The Kier molecular flexibility index (Phi) is 1.19. The van der Waals surface area contributed by atoms with E-state index >= 15 is 0 Å². The van der Waals surface area contributed by atoms with Gasteiger partial charge in [0.05, 0.1) is 0 Å². The molecule has 3 fully saturated rings. The molecule has 0 radical (unpaired) electrons. The van der Waals surface area contributed by atoms with E-state index in [1.807, 2.05) is 0 Å². The molecule has 3 saturated carbocycles. The lowest BCUT2D eigenvalue weighted by Crippen LogP contribution is -1.99. The second-order valence-electron chi connectivity index (χ2n) is 5.60. The number of allylic oxidation sites excluding steroid dienone is 4. The van der Waals surface area contributed by atoms with Crippen molar-refractivity contribution in [2.75, 3.05) is 6.61 Å². The Balaban J connectivity index is 1.76. The number of aliphatic hydroxyl groups excluding tert-OH is 1. The number of aliphatic hydroxyl groups is 1. The van der Waals surface area contributed by atoms with Crippen LogP contribution in [0.5, 0.6) is 0 Å². The first-order valence-corrected chi connectivity index (χ1v) is 5.89. The molecule has 4 aliphatic rings. The average Bonchev–Trinajstić information content (AvgIpc) is 2.58. The van der Waals surface area contributed by atoms with Crippen molar-refractivity contribution in [2.24, 2.45) is 23.2 Å². The van der Waals surface area contributed by atoms with Crippen molar-refractivity contribution in [3.05, 3.63) is 23.3 Å². The highest BCUT2D eigenvalue weighted by Crippen LogP contribution is 2.65. The third kappa shape index (κ3) is 0.726. The van der Waals surface area contributed by atoms with Gasteiger partial charge in [-0.25, -0.2) is 0 Å². The fourth-order valence-electron chi connectivity index (χ4n) is 4.00. The Morgan fingerprint density at radius 2 is 1.86 bits per heavy atom. The molecule has 14 heavy (non-hydrogen) atoms. The van der Waals surface area contributed by atoms with Crippen molar-refractivity contribution in [3.8, 4) is 0 Å². The first-order chi connectivity index (χ1) is 6.82. The molecule has 1 unspecified atom stereocenters. The predicted molar refractivity (Wildman–Crippen MR) is 54.6 cm³/mol. The van der Waals surface area contributed by atoms with E-state index in [0.717, 1.165) is 11.8 Å². The number of hydrogen-bond donors (Lipinski definition) is 1. The number of fused-ring (bicyclic) bond motifs is 5. The Labute approximate surface area is 84.5 Å². The maximum atomic E-state index is 9.18. The van der Waals surface area contributed by atoms with E-state index in [4.69, 9.17) is 0 Å². The van der Waals surface area contributed by atoms with Crippen LogP contribution in [0.4, 0.5) is 0 Å². The standard InChI is InChI=1S/C13H16O/c14-7-10-4-13(10)5-11-8-1-2-9(3-8)12(11)6-13/h5-6,8-10,14H,1-4,7H2/t8-,9+,10-,13?/m0/s1. The SMILES string of the molecule is OC[C@@H]1CC12C=C1C(=C2)[C@H]2CC[C@@H]1C2. The van der Waals surface area contributed by atoms with Crippen molar-refractivity contribution in [1.82, 2.24) is 0 Å². The third-order valence-electron chi connectivity index (χ3n) is 4.91. The van der Waals surface area contributed by atoms with Crippen LogP contribution < -0.4 is 0 Å². The van der Waals surface area contributed by atoms with E-state index in [0.29, 0.717) is 17.9 Å². The Bertz CT molecular complexity index is 337. The smallest absolute Gasteiger partial charge is 0.0471 e. The van der Waals surface area contributed by atoms with Crippen LogP contribution in [-0.4, -0.2) is 11.7 Å². The van der Waals surface area contributed by atoms with Crippen LogP contribution in [0.1, 0.15) is 25.7 Å². The molecule has 0 heterocycles. The van der Waals surface area contributed by atoms with Crippen LogP contribution in [0.3, 0.4) is 0 Å². The molecule has 0 aromatic carbocycles. The van der Waals surface area contributed by atoms with Gasteiger partial charge in [-0.15, -0.1) is 0 Å². The minimum Gasteiger partial charge on any atom is -0.396 e. The quantitative estimate of drug-likeness (QED) is 0.669. The van der Waals surface area contributed by atoms with Gasteiger partial charge >= 0.3 is 0 Å². The maximum Gasteiger partial charge on any atom is 0.0471 e. The predicted octanol–water partition coefficient (Wildman–Crippen LogP) is 2.28. The summed E-state index contributed by atoms with van der Waals surface area (Å²) < 4.78 is 0. The summed E-state index contributed by atoms with van der Waals surface area (Å²) in [6.07, 6.45) is 10.5. The van der Waals surface area contributed by atoms with Gasteiger partial charge in [0.25, 0.3) is 0 Å². The van der Waals surface area contributed by atoms with Gasteiger partial charge in [-0.2, -0.15) is 0 Å². The van der Waals surface area contributed by atoms with Gasteiger partial charge in [0.2, 0.25) is 0 Å². The lowest BCUT2D eigenvalue weighted by atomic mass is 9.92. The van der Waals surface area contributed by atoms with Gasteiger partial charge in [0.15, 0.2) is 0 Å². The summed E-state index contributed by atoms with van der Waals surface area (Å²) >= 11 is 0. The number of hydrogen-bond acceptors (Lipinski definition) is 1. The Hall–Kier alpha value is -0.560. The van der Waals surface area contributed by atoms with E-state index in [1.165, 1.54) is 25.7 Å². The van der Waals surface area contributed by atoms with Crippen LogP contribution in [0, 0.1) is 23.2 Å². The molecule has 0 amide bonds. The molecule has 0 aromatic rings. The van der Waals surface area contributed by atoms with Gasteiger partial charge in [0.1, 0.15) is 0 Å². The summed E-state index contributed by atoms with van der Waals surface area (Å²) in [6, 6.07) is 0. The minimum atomic E-state index is 0.334. The Morgan fingerprint density at radius 3 is 2.36 bits per heavy atom. The highest BCUT2D eigenvalue weighted by molar-refractivity contribution is 5.53. The lowest BCUT2D eigenvalue weighted by Gasteiger charge is -2.13. The van der Waals surface area contributed by atoms with Gasteiger partial charge < -0.3 is 5.11 Å². The molecular weight excluding hydrogens is 172 g/mol. The van der Waals surface area contributed by atoms with E-state index in [-0.39, 0.29) is 0 Å². The first-order valence-electron chi connectivity index (χ1n) is 5.89. The van der Waals surface area contributed by atoms with Crippen molar-refractivity contribution in [2.45, 2.75) is 25.7 Å². The molecule has 1 heteroatoms. The molecule has 4 atom stereocenters. The molecule has 74 valence electrons. The summed E-state index contributed by atoms with van der Waals surface area (Å²) in [5, 5.41) is 9.18. The van der Waals surface area contributed by atoms with E-state index < -0.39 is 0 Å². The van der Waals surface area contributed by atoms with Gasteiger partial charge in [-0.1, -0.05) is 12.2 Å². The molecule has 4 aliphatic carbocycles. The van der Waals surface area contributed by atoms with Crippen LogP contribution in [0.25, 0.3) is 0 Å². The summed E-state index contributed by atoms with van der Waals surface area (Å²) in [5.41, 5.74) is 3.69. The Morgan fingerprint density at radius 1 is 1.21 bits per heavy atom. The fraction of sp³-hybridized carbons (Fsp3) is 0.692. The summed E-state index contributed by atoms with van der Waals surface area (Å²) in [5.74, 6) is 2.34. The monoisotopic (exact) mass is 188 g/mol. The molecule has 1 nitrogen and oxygen atoms in total. The second-order valence-corrected chi connectivity index (χ2v) is 5.60. The van der Waals surface area contributed by atoms with Crippen molar-refractivity contribution < 1.29 is 5.11 Å². The molecule has 0 aliphatic heterocycles. The number of rotatable bonds is 1. The second kappa shape index (κ2) is 2.16. The summed E-state index contributed by atoms with van der Waals surface area (Å²) in [4.78, 5) is 0. The van der Waals surface area contributed by atoms with Crippen LogP contribution >= 0.6 is 0 Å². The molecule has 0 saturated heterocycles. The van der Waals surface area contributed by atoms with Gasteiger partial charge in [0, 0.05) is 12.0 Å². The normalized spacial score (nSPS) is 52.2. The zero-order valence-electron chi connectivity index (χ0n) is 8.37. The molecule has 2 bridgehead atoms. The zero-order chi connectivity index (χ0) is 9.34. The van der Waals surface area contributed by atoms with Crippen molar-refractivity contribution in [3.63, 3.8) is 0 Å². The highest BCUT2D eigenvalue weighted by atomic mass is 16.3. The minimum absolute atomic E-state index is 0.334.